The minimum Gasteiger partial charge on any atom is -0.302 e. The van der Waals surface area contributed by atoms with Gasteiger partial charge in [0.05, 0.1) is 6.54 Å². The first kappa shape index (κ1) is 15.6. The molecule has 18 heavy (non-hydrogen) atoms. The van der Waals surface area contributed by atoms with Crippen LogP contribution in [0.3, 0.4) is 0 Å². The summed E-state index contributed by atoms with van der Waals surface area (Å²) in [5, 5.41) is 0. The van der Waals surface area contributed by atoms with E-state index >= 15 is 0 Å². The number of piperazine rings is 1. The van der Waals surface area contributed by atoms with Crippen molar-refractivity contribution in [3.63, 3.8) is 0 Å². The summed E-state index contributed by atoms with van der Waals surface area (Å²) in [6.45, 7) is 17.7. The van der Waals surface area contributed by atoms with Crippen molar-refractivity contribution in [2.45, 2.75) is 41.0 Å². The molecule has 0 bridgehead atoms. The Morgan fingerprint density at radius 1 is 0.944 bits per heavy atom. The molecule has 106 valence electrons. The van der Waals surface area contributed by atoms with Gasteiger partial charge in [0.15, 0.2) is 0 Å². The molecular formula is C15H30N2O. The van der Waals surface area contributed by atoms with Crippen molar-refractivity contribution in [2.24, 2.45) is 10.8 Å². The smallest absolute Gasteiger partial charge is 0.133 e. The van der Waals surface area contributed by atoms with Crippen LogP contribution < -0.4 is 0 Å². The summed E-state index contributed by atoms with van der Waals surface area (Å²) in [6, 6.07) is 0. The van der Waals surface area contributed by atoms with Crippen LogP contribution in [-0.4, -0.2) is 55.4 Å². The van der Waals surface area contributed by atoms with Crippen molar-refractivity contribution in [3.05, 3.63) is 0 Å². The highest BCUT2D eigenvalue weighted by Gasteiger charge is 2.28. The molecule has 1 aliphatic rings. The average Bonchev–Trinajstić information content (AvgIpc) is 2.17. The van der Waals surface area contributed by atoms with E-state index in [1.165, 1.54) is 13.0 Å². The summed E-state index contributed by atoms with van der Waals surface area (Å²) in [7, 11) is 0. The normalized spacial score (nSPS) is 20.1. The second-order valence-electron chi connectivity index (χ2n) is 7.65. The van der Waals surface area contributed by atoms with Crippen LogP contribution in [0.2, 0.25) is 0 Å². The summed E-state index contributed by atoms with van der Waals surface area (Å²) in [6.07, 6.45) is 2.26. The Kier molecular flexibility index (Phi) is 5.35. The summed E-state index contributed by atoms with van der Waals surface area (Å²) >= 11 is 0. The van der Waals surface area contributed by atoms with E-state index in [-0.39, 0.29) is 0 Å². The van der Waals surface area contributed by atoms with Gasteiger partial charge in [-0.2, -0.15) is 0 Å². The largest absolute Gasteiger partial charge is 0.302 e. The van der Waals surface area contributed by atoms with Crippen LogP contribution in [-0.2, 0) is 4.79 Å². The predicted octanol–water partition coefficient (Wildman–Crippen LogP) is 2.27. The highest BCUT2D eigenvalue weighted by Crippen LogP contribution is 2.33. The molecule has 0 radical (unpaired) electrons. The van der Waals surface area contributed by atoms with Crippen LogP contribution in [0, 0.1) is 10.8 Å². The van der Waals surface area contributed by atoms with Crippen molar-refractivity contribution < 1.29 is 4.79 Å². The highest BCUT2D eigenvalue weighted by atomic mass is 16.1. The van der Waals surface area contributed by atoms with E-state index in [0.717, 1.165) is 32.5 Å². The number of hydrogen-bond donors (Lipinski definition) is 0. The minimum absolute atomic E-state index is 0.366. The molecule has 3 nitrogen and oxygen atoms in total. The molecule has 0 N–H and O–H groups in total. The average molecular weight is 254 g/mol. The maximum Gasteiger partial charge on any atom is 0.133 e. The van der Waals surface area contributed by atoms with Gasteiger partial charge >= 0.3 is 0 Å². The first-order valence-electron chi connectivity index (χ1n) is 7.10. The fraction of sp³-hybridized carbons (Fsp3) is 0.933. The molecule has 0 aromatic rings. The van der Waals surface area contributed by atoms with E-state index in [9.17, 15) is 4.79 Å². The highest BCUT2D eigenvalue weighted by molar-refractivity contribution is 5.51. The third kappa shape index (κ3) is 5.96. The van der Waals surface area contributed by atoms with E-state index in [1.807, 2.05) is 0 Å². The lowest BCUT2D eigenvalue weighted by Gasteiger charge is -2.40. The Hall–Kier alpha value is -0.410. The maximum absolute atomic E-state index is 10.5. The van der Waals surface area contributed by atoms with Crippen molar-refractivity contribution in [1.82, 2.24) is 9.80 Å². The van der Waals surface area contributed by atoms with Crippen LogP contribution in [0.1, 0.15) is 41.0 Å². The second-order valence-corrected chi connectivity index (χ2v) is 7.65. The zero-order chi connectivity index (χ0) is 13.8. The van der Waals surface area contributed by atoms with E-state index in [1.54, 1.807) is 0 Å². The monoisotopic (exact) mass is 254 g/mol. The van der Waals surface area contributed by atoms with Crippen LogP contribution >= 0.6 is 0 Å². The van der Waals surface area contributed by atoms with Crippen molar-refractivity contribution in [1.29, 1.82) is 0 Å². The molecule has 1 rings (SSSR count). The van der Waals surface area contributed by atoms with Gasteiger partial charge < -0.3 is 9.69 Å². The molecule has 3 heteroatoms. The molecule has 0 unspecified atom stereocenters. The number of carbonyl (C=O) groups excluding carboxylic acids is 1. The van der Waals surface area contributed by atoms with Gasteiger partial charge in [-0.15, -0.1) is 0 Å². The molecule has 0 amide bonds. The van der Waals surface area contributed by atoms with Gasteiger partial charge in [0.1, 0.15) is 6.29 Å². The van der Waals surface area contributed by atoms with Crippen molar-refractivity contribution in [3.8, 4) is 0 Å². The Balaban J connectivity index is 2.37. The SMILES string of the molecule is CC(C)(C)CC(C)(C)CN1CCN(CC=O)CC1. The topological polar surface area (TPSA) is 23.6 Å². The standard InChI is InChI=1S/C15H30N2O/c1-14(2,3)12-15(4,5)13-17-8-6-16(7-9-17)10-11-18/h11H,6-10,12-13H2,1-5H3. The Morgan fingerprint density at radius 2 is 1.44 bits per heavy atom. The molecular weight excluding hydrogens is 224 g/mol. The molecule has 1 saturated heterocycles. The van der Waals surface area contributed by atoms with Crippen LogP contribution in [0.25, 0.3) is 0 Å². The van der Waals surface area contributed by atoms with Crippen LogP contribution in [0.15, 0.2) is 0 Å². The Bertz CT molecular complexity index is 260. The molecule has 0 spiro atoms. The molecule has 1 heterocycles. The van der Waals surface area contributed by atoms with Gasteiger partial charge in [-0.1, -0.05) is 34.6 Å². The first-order chi connectivity index (χ1) is 8.22. The van der Waals surface area contributed by atoms with E-state index in [2.05, 4.69) is 44.4 Å². The van der Waals surface area contributed by atoms with Crippen molar-refractivity contribution in [2.75, 3.05) is 39.3 Å². The fourth-order valence-corrected chi connectivity index (χ4v) is 3.33. The Morgan fingerprint density at radius 3 is 1.89 bits per heavy atom. The summed E-state index contributed by atoms with van der Waals surface area (Å²) < 4.78 is 0. The maximum atomic E-state index is 10.5. The number of rotatable bonds is 5. The number of carbonyl (C=O) groups is 1. The number of nitrogens with zero attached hydrogens (tertiary/aromatic N) is 2. The van der Waals surface area contributed by atoms with E-state index in [0.29, 0.717) is 17.4 Å². The third-order valence-corrected chi connectivity index (χ3v) is 3.46. The Labute approximate surface area is 113 Å². The lowest BCUT2D eigenvalue weighted by atomic mass is 9.76. The van der Waals surface area contributed by atoms with Gasteiger partial charge in [0.25, 0.3) is 0 Å². The predicted molar refractivity (Wildman–Crippen MR) is 76.8 cm³/mol. The number of hydrogen-bond acceptors (Lipinski definition) is 3. The minimum atomic E-state index is 0.366. The van der Waals surface area contributed by atoms with Gasteiger partial charge in [-0.3, -0.25) is 4.90 Å². The molecule has 0 atom stereocenters. The molecule has 0 aromatic carbocycles. The zero-order valence-corrected chi connectivity index (χ0v) is 12.8. The molecule has 1 aliphatic heterocycles. The molecule has 0 aliphatic carbocycles. The van der Waals surface area contributed by atoms with Gasteiger partial charge in [-0.05, 0) is 17.3 Å². The summed E-state index contributed by atoms with van der Waals surface area (Å²) in [5.74, 6) is 0. The third-order valence-electron chi connectivity index (χ3n) is 3.46. The van der Waals surface area contributed by atoms with Gasteiger partial charge in [0.2, 0.25) is 0 Å². The lowest BCUT2D eigenvalue weighted by Crippen LogP contribution is -2.49. The summed E-state index contributed by atoms with van der Waals surface area (Å²) in [4.78, 5) is 15.3. The van der Waals surface area contributed by atoms with Crippen molar-refractivity contribution >= 4 is 6.29 Å². The van der Waals surface area contributed by atoms with E-state index < -0.39 is 0 Å². The zero-order valence-electron chi connectivity index (χ0n) is 12.8. The molecule has 0 saturated carbocycles. The lowest BCUT2D eigenvalue weighted by molar-refractivity contribution is -0.109. The first-order valence-corrected chi connectivity index (χ1v) is 7.10. The van der Waals surface area contributed by atoms with Crippen LogP contribution in [0.5, 0.6) is 0 Å². The molecule has 0 aromatic heterocycles. The summed E-state index contributed by atoms with van der Waals surface area (Å²) in [5.41, 5.74) is 0.758. The van der Waals surface area contributed by atoms with E-state index in [4.69, 9.17) is 0 Å². The quantitative estimate of drug-likeness (QED) is 0.703. The van der Waals surface area contributed by atoms with Gasteiger partial charge in [0, 0.05) is 32.7 Å². The second kappa shape index (κ2) is 6.16. The van der Waals surface area contributed by atoms with Gasteiger partial charge in [-0.25, -0.2) is 0 Å². The molecule has 1 fully saturated rings. The fourth-order valence-electron chi connectivity index (χ4n) is 3.33. The number of aldehydes is 1. The van der Waals surface area contributed by atoms with Crippen LogP contribution in [0.4, 0.5) is 0 Å².